The van der Waals surface area contributed by atoms with Gasteiger partial charge in [-0.1, -0.05) is 17.7 Å². The number of anilines is 1. The van der Waals surface area contributed by atoms with Crippen LogP contribution in [0.4, 0.5) is 5.69 Å². The molecule has 1 aromatic heterocycles. The van der Waals surface area contributed by atoms with Crippen molar-refractivity contribution in [3.05, 3.63) is 50.7 Å². The van der Waals surface area contributed by atoms with Gasteiger partial charge >= 0.3 is 0 Å². The Kier molecular flexibility index (Phi) is 3.44. The molecule has 20 heavy (non-hydrogen) atoms. The van der Waals surface area contributed by atoms with Gasteiger partial charge in [0.2, 0.25) is 0 Å². The molecule has 3 nitrogen and oxygen atoms in total. The number of hydrogen-bond acceptors (Lipinski definition) is 3. The number of carbonyl (C=O) groups is 1. The van der Waals surface area contributed by atoms with Crippen LogP contribution in [0.5, 0.6) is 0 Å². The number of carbonyl (C=O) groups excluding carboxylic acids is 1. The van der Waals surface area contributed by atoms with Crippen LogP contribution in [-0.4, -0.2) is 17.4 Å². The number of para-hydroxylation sites is 1. The van der Waals surface area contributed by atoms with Crippen molar-refractivity contribution in [1.82, 2.24) is 4.90 Å². The lowest BCUT2D eigenvalue weighted by Gasteiger charge is -2.34. The number of nitrogens with zero attached hydrogens (tertiary/aromatic N) is 1. The molecule has 2 N–H and O–H groups in total. The van der Waals surface area contributed by atoms with Crippen molar-refractivity contribution in [2.75, 3.05) is 12.3 Å². The zero-order valence-electron chi connectivity index (χ0n) is 11.1. The standard InChI is InChI=1S/C15H15ClN2OS/c1-9-10-6-8-20-13(10)5-7-18(9)15(19)11-3-2-4-12(16)14(11)17/h2-4,6,8-9H,5,7,17H2,1H3. The topological polar surface area (TPSA) is 46.3 Å². The second-order valence-electron chi connectivity index (χ2n) is 4.92. The maximum Gasteiger partial charge on any atom is 0.256 e. The van der Waals surface area contributed by atoms with E-state index in [-0.39, 0.29) is 11.9 Å². The minimum atomic E-state index is -0.0469. The van der Waals surface area contributed by atoms with Gasteiger partial charge in [0, 0.05) is 11.4 Å². The van der Waals surface area contributed by atoms with E-state index < -0.39 is 0 Å². The van der Waals surface area contributed by atoms with Gasteiger partial charge in [-0.2, -0.15) is 0 Å². The van der Waals surface area contributed by atoms with Crippen LogP contribution in [0.3, 0.4) is 0 Å². The average molecular weight is 307 g/mol. The predicted octanol–water partition coefficient (Wildman–Crippen LogP) is 3.74. The molecule has 1 aliphatic rings. The van der Waals surface area contributed by atoms with Gasteiger partial charge < -0.3 is 10.6 Å². The predicted molar refractivity (Wildman–Crippen MR) is 83.3 cm³/mol. The number of nitrogen functional groups attached to an aromatic ring is 1. The van der Waals surface area contributed by atoms with E-state index in [4.69, 9.17) is 17.3 Å². The molecule has 0 bridgehead atoms. The fourth-order valence-electron chi connectivity index (χ4n) is 2.67. The molecule has 0 spiro atoms. The molecule has 0 aliphatic carbocycles. The van der Waals surface area contributed by atoms with Crippen molar-refractivity contribution < 1.29 is 4.79 Å². The summed E-state index contributed by atoms with van der Waals surface area (Å²) < 4.78 is 0. The summed E-state index contributed by atoms with van der Waals surface area (Å²) in [7, 11) is 0. The monoisotopic (exact) mass is 306 g/mol. The summed E-state index contributed by atoms with van der Waals surface area (Å²) in [6.07, 6.45) is 0.906. The second kappa shape index (κ2) is 5.11. The van der Waals surface area contributed by atoms with E-state index in [9.17, 15) is 4.79 Å². The fraction of sp³-hybridized carbons (Fsp3) is 0.267. The van der Waals surface area contributed by atoms with Crippen LogP contribution in [0.25, 0.3) is 0 Å². The summed E-state index contributed by atoms with van der Waals surface area (Å²) in [6, 6.07) is 7.38. The van der Waals surface area contributed by atoms with Gasteiger partial charge in [-0.05, 0) is 42.5 Å². The van der Waals surface area contributed by atoms with E-state index in [2.05, 4.69) is 18.4 Å². The highest BCUT2D eigenvalue weighted by atomic mass is 35.5. The van der Waals surface area contributed by atoms with Gasteiger partial charge in [-0.3, -0.25) is 4.79 Å². The van der Waals surface area contributed by atoms with Crippen molar-refractivity contribution in [2.45, 2.75) is 19.4 Å². The number of fused-ring (bicyclic) bond motifs is 1. The summed E-state index contributed by atoms with van der Waals surface area (Å²) >= 11 is 7.76. The minimum Gasteiger partial charge on any atom is -0.397 e. The Morgan fingerprint density at radius 2 is 2.25 bits per heavy atom. The quantitative estimate of drug-likeness (QED) is 0.816. The third kappa shape index (κ3) is 2.09. The molecular formula is C15H15ClN2OS. The Labute approximate surface area is 127 Å². The molecule has 0 saturated heterocycles. The van der Waals surface area contributed by atoms with Gasteiger partial charge in [0.15, 0.2) is 0 Å². The molecule has 1 unspecified atom stereocenters. The molecule has 5 heteroatoms. The van der Waals surface area contributed by atoms with Crippen molar-refractivity contribution in [3.8, 4) is 0 Å². The summed E-state index contributed by atoms with van der Waals surface area (Å²) in [6.45, 7) is 2.78. The Hall–Kier alpha value is -1.52. The highest BCUT2D eigenvalue weighted by molar-refractivity contribution is 7.10. The normalized spacial score (nSPS) is 17.9. The first-order valence-electron chi connectivity index (χ1n) is 6.51. The Bertz CT molecular complexity index is 668. The van der Waals surface area contributed by atoms with E-state index in [1.807, 2.05) is 4.90 Å². The van der Waals surface area contributed by atoms with Crippen LogP contribution >= 0.6 is 22.9 Å². The van der Waals surface area contributed by atoms with Crippen molar-refractivity contribution in [3.63, 3.8) is 0 Å². The number of thiophene rings is 1. The molecule has 2 heterocycles. The SMILES string of the molecule is CC1c2ccsc2CCN1C(=O)c1cccc(Cl)c1N. The second-order valence-corrected chi connectivity index (χ2v) is 6.33. The first-order valence-corrected chi connectivity index (χ1v) is 7.76. The van der Waals surface area contributed by atoms with E-state index in [0.29, 0.717) is 16.3 Å². The minimum absolute atomic E-state index is 0.0469. The first kappa shape index (κ1) is 13.5. The maximum absolute atomic E-state index is 12.7. The Morgan fingerprint density at radius 3 is 3.05 bits per heavy atom. The summed E-state index contributed by atoms with van der Waals surface area (Å²) in [5, 5.41) is 2.51. The average Bonchev–Trinajstić information content (AvgIpc) is 2.91. The number of benzene rings is 1. The van der Waals surface area contributed by atoms with Gasteiger partial charge in [0.1, 0.15) is 0 Å². The van der Waals surface area contributed by atoms with Crippen LogP contribution in [0.2, 0.25) is 5.02 Å². The molecule has 1 amide bonds. The molecule has 0 saturated carbocycles. The third-order valence-corrected chi connectivity index (χ3v) is 5.15. The van der Waals surface area contributed by atoms with E-state index in [0.717, 1.165) is 13.0 Å². The van der Waals surface area contributed by atoms with E-state index >= 15 is 0 Å². The summed E-state index contributed by atoms with van der Waals surface area (Å²) in [4.78, 5) is 16.0. The van der Waals surface area contributed by atoms with Crippen molar-refractivity contribution in [1.29, 1.82) is 0 Å². The highest BCUT2D eigenvalue weighted by Gasteiger charge is 2.29. The van der Waals surface area contributed by atoms with Crippen LogP contribution in [0.15, 0.2) is 29.6 Å². The van der Waals surface area contributed by atoms with Crippen LogP contribution in [0, 0.1) is 0 Å². The van der Waals surface area contributed by atoms with Crippen molar-refractivity contribution >= 4 is 34.5 Å². The zero-order valence-corrected chi connectivity index (χ0v) is 12.7. The smallest absolute Gasteiger partial charge is 0.256 e. The van der Waals surface area contributed by atoms with Gasteiger partial charge in [-0.15, -0.1) is 11.3 Å². The third-order valence-electron chi connectivity index (χ3n) is 3.82. The lowest BCUT2D eigenvalue weighted by Crippen LogP contribution is -2.38. The molecule has 104 valence electrons. The van der Waals surface area contributed by atoms with Crippen molar-refractivity contribution in [2.24, 2.45) is 0 Å². The zero-order chi connectivity index (χ0) is 14.3. The van der Waals surface area contributed by atoms with Gasteiger partial charge in [-0.25, -0.2) is 0 Å². The molecule has 0 radical (unpaired) electrons. The number of amides is 1. The van der Waals surface area contributed by atoms with Gasteiger partial charge in [0.05, 0.1) is 22.3 Å². The van der Waals surface area contributed by atoms with Crippen LogP contribution in [0.1, 0.15) is 33.8 Å². The van der Waals surface area contributed by atoms with Crippen LogP contribution in [-0.2, 0) is 6.42 Å². The number of nitrogens with two attached hydrogens (primary N) is 1. The van der Waals surface area contributed by atoms with E-state index in [1.165, 1.54) is 10.4 Å². The highest BCUT2D eigenvalue weighted by Crippen LogP contribution is 2.34. The summed E-state index contributed by atoms with van der Waals surface area (Å²) in [5.41, 5.74) is 8.03. The molecule has 0 fully saturated rings. The number of hydrogen-bond donors (Lipinski definition) is 1. The maximum atomic E-state index is 12.7. The first-order chi connectivity index (χ1) is 9.59. The molecule has 1 atom stereocenters. The van der Waals surface area contributed by atoms with E-state index in [1.54, 1.807) is 29.5 Å². The molecule has 3 rings (SSSR count). The Balaban J connectivity index is 1.94. The number of rotatable bonds is 1. The van der Waals surface area contributed by atoms with Gasteiger partial charge in [0.25, 0.3) is 5.91 Å². The van der Waals surface area contributed by atoms with Crippen LogP contribution < -0.4 is 5.73 Å². The molecule has 2 aromatic rings. The Morgan fingerprint density at radius 1 is 1.45 bits per heavy atom. The molecular weight excluding hydrogens is 292 g/mol. The number of halogens is 1. The lowest BCUT2D eigenvalue weighted by atomic mass is 10.00. The molecule has 1 aliphatic heterocycles. The summed E-state index contributed by atoms with van der Waals surface area (Å²) in [5.74, 6) is -0.0469. The fourth-order valence-corrected chi connectivity index (χ4v) is 3.80. The largest absolute Gasteiger partial charge is 0.397 e. The lowest BCUT2D eigenvalue weighted by molar-refractivity contribution is 0.0680. The molecule has 1 aromatic carbocycles.